The number of nitrogens with one attached hydrogen (secondary N) is 1. The summed E-state index contributed by atoms with van der Waals surface area (Å²) in [5.41, 5.74) is 0. The summed E-state index contributed by atoms with van der Waals surface area (Å²) in [6.45, 7) is 0.656. The predicted molar refractivity (Wildman–Crippen MR) is 85.5 cm³/mol. The monoisotopic (exact) mass is 394 g/mol. The number of piperidine rings is 1. The molecule has 1 aromatic rings. The van der Waals surface area contributed by atoms with E-state index in [1.165, 1.54) is 11.8 Å². The molecular weight excluding hydrogens is 378 g/mol. The Labute approximate surface area is 140 Å². The maximum atomic E-state index is 12.2. The minimum atomic E-state index is -2.52. The van der Waals surface area contributed by atoms with Crippen molar-refractivity contribution in [1.82, 2.24) is 15.3 Å². The number of rotatable bonds is 5. The summed E-state index contributed by atoms with van der Waals surface area (Å²) >= 11 is 4.87. The van der Waals surface area contributed by atoms with Gasteiger partial charge in [-0.3, -0.25) is 4.79 Å². The second-order valence-corrected chi connectivity index (χ2v) is 6.58. The summed E-state index contributed by atoms with van der Waals surface area (Å²) in [5.74, 6) is 0.123. The van der Waals surface area contributed by atoms with Crippen LogP contribution in [0.15, 0.2) is 15.8 Å². The number of carbonyl (C=O) groups is 1. The summed E-state index contributed by atoms with van der Waals surface area (Å²) in [4.78, 5) is 22.6. The van der Waals surface area contributed by atoms with Gasteiger partial charge in [-0.1, -0.05) is 11.8 Å². The van der Waals surface area contributed by atoms with Gasteiger partial charge < -0.3 is 10.2 Å². The highest BCUT2D eigenvalue weighted by Gasteiger charge is 2.28. The van der Waals surface area contributed by atoms with Crippen LogP contribution in [0, 0.1) is 5.92 Å². The van der Waals surface area contributed by atoms with E-state index < -0.39 is 13.0 Å². The van der Waals surface area contributed by atoms with Crippen LogP contribution >= 0.6 is 27.7 Å². The number of amides is 1. The predicted octanol–water partition coefficient (Wildman–Crippen LogP) is 2.56. The highest BCUT2D eigenvalue weighted by atomic mass is 79.9. The molecule has 0 spiro atoms. The highest BCUT2D eigenvalue weighted by Crippen LogP contribution is 2.29. The lowest BCUT2D eigenvalue weighted by atomic mass is 9.97. The van der Waals surface area contributed by atoms with Crippen molar-refractivity contribution in [2.45, 2.75) is 24.4 Å². The first-order valence-corrected chi connectivity index (χ1v) is 8.90. The first-order chi connectivity index (χ1) is 10.5. The third-order valence-electron chi connectivity index (χ3n) is 3.41. The second-order valence-electron chi connectivity index (χ2n) is 4.95. The number of hydrogen-bond donors (Lipinski definition) is 1. The molecule has 1 atom stereocenters. The van der Waals surface area contributed by atoms with E-state index in [1.807, 2.05) is 11.2 Å². The molecule has 0 bridgehead atoms. The minimum absolute atomic E-state index is 0.299. The molecule has 2 heterocycles. The fourth-order valence-corrected chi connectivity index (χ4v) is 3.15. The van der Waals surface area contributed by atoms with E-state index in [4.69, 9.17) is 0 Å². The lowest BCUT2D eigenvalue weighted by Gasteiger charge is -2.33. The zero-order valence-corrected chi connectivity index (χ0v) is 14.5. The number of thioether (sulfide) groups is 1. The molecule has 5 nitrogen and oxygen atoms in total. The van der Waals surface area contributed by atoms with E-state index in [2.05, 4.69) is 31.2 Å². The smallest absolute Gasteiger partial charge is 0.255 e. The Bertz CT molecular complexity index is 535. The van der Waals surface area contributed by atoms with E-state index in [9.17, 15) is 13.6 Å². The van der Waals surface area contributed by atoms with Crippen molar-refractivity contribution in [1.29, 1.82) is 0 Å². The van der Waals surface area contributed by atoms with Gasteiger partial charge in [0, 0.05) is 19.3 Å². The number of nitrogens with zero attached hydrogens (tertiary/aromatic N) is 3. The Hall–Kier alpha value is -0.960. The average molecular weight is 395 g/mol. The minimum Gasteiger partial charge on any atom is -0.355 e. The van der Waals surface area contributed by atoms with Gasteiger partial charge in [0.1, 0.15) is 5.82 Å². The summed E-state index contributed by atoms with van der Waals surface area (Å²) in [6.07, 6.45) is 2.57. The van der Waals surface area contributed by atoms with Gasteiger partial charge in [0.25, 0.3) is 6.43 Å². The van der Waals surface area contributed by atoms with E-state index in [0.717, 1.165) is 23.3 Å². The molecule has 2 rings (SSSR count). The molecule has 1 fully saturated rings. The number of anilines is 1. The topological polar surface area (TPSA) is 58.1 Å². The molecule has 1 aliphatic heterocycles. The van der Waals surface area contributed by atoms with Gasteiger partial charge in [-0.05, 0) is 35.0 Å². The van der Waals surface area contributed by atoms with Crippen LogP contribution < -0.4 is 10.2 Å². The molecule has 1 unspecified atom stereocenters. The average Bonchev–Trinajstić information content (AvgIpc) is 2.53. The molecule has 1 aromatic heterocycles. The second kappa shape index (κ2) is 8.05. The number of alkyl halides is 2. The molecule has 0 radical (unpaired) electrons. The van der Waals surface area contributed by atoms with Crippen LogP contribution in [0.3, 0.4) is 0 Å². The fraction of sp³-hybridized carbons (Fsp3) is 0.615. The van der Waals surface area contributed by atoms with Crippen molar-refractivity contribution >= 4 is 39.4 Å². The van der Waals surface area contributed by atoms with Gasteiger partial charge in [-0.25, -0.2) is 18.7 Å². The molecule has 22 heavy (non-hydrogen) atoms. The molecule has 0 saturated carbocycles. The zero-order chi connectivity index (χ0) is 16.1. The lowest BCUT2D eigenvalue weighted by molar-refractivity contribution is -0.125. The van der Waals surface area contributed by atoms with E-state index in [-0.39, 0.29) is 11.8 Å². The van der Waals surface area contributed by atoms with Crippen LogP contribution in [0.4, 0.5) is 14.6 Å². The SMILES string of the molecule is CSc1ncc(Br)c(N2CCCC(C(=O)NCC(F)F)C2)n1. The Morgan fingerprint density at radius 1 is 1.64 bits per heavy atom. The largest absolute Gasteiger partial charge is 0.355 e. The van der Waals surface area contributed by atoms with Crippen molar-refractivity contribution in [3.63, 3.8) is 0 Å². The molecule has 1 N–H and O–H groups in total. The van der Waals surface area contributed by atoms with Crippen LogP contribution in [0.5, 0.6) is 0 Å². The molecule has 1 aliphatic rings. The van der Waals surface area contributed by atoms with Crippen LogP contribution in [-0.2, 0) is 4.79 Å². The van der Waals surface area contributed by atoms with E-state index in [1.54, 1.807) is 6.20 Å². The van der Waals surface area contributed by atoms with Crippen molar-refractivity contribution in [2.75, 3.05) is 30.8 Å². The van der Waals surface area contributed by atoms with Crippen LogP contribution in [0.1, 0.15) is 12.8 Å². The maximum absolute atomic E-state index is 12.2. The first-order valence-electron chi connectivity index (χ1n) is 6.88. The first kappa shape index (κ1) is 17.4. The quantitative estimate of drug-likeness (QED) is 0.614. The molecule has 1 amide bonds. The highest BCUT2D eigenvalue weighted by molar-refractivity contribution is 9.10. The van der Waals surface area contributed by atoms with Crippen LogP contribution in [0.25, 0.3) is 0 Å². The summed E-state index contributed by atoms with van der Waals surface area (Å²) < 4.78 is 25.1. The van der Waals surface area contributed by atoms with Gasteiger partial charge in [0.15, 0.2) is 5.16 Å². The maximum Gasteiger partial charge on any atom is 0.255 e. The van der Waals surface area contributed by atoms with Gasteiger partial charge >= 0.3 is 0 Å². The summed E-state index contributed by atoms with van der Waals surface area (Å²) in [6, 6.07) is 0. The molecule has 1 saturated heterocycles. The zero-order valence-electron chi connectivity index (χ0n) is 12.1. The summed E-state index contributed by atoms with van der Waals surface area (Å²) in [7, 11) is 0. The van der Waals surface area contributed by atoms with Gasteiger partial charge in [0.2, 0.25) is 5.91 Å². The molecular formula is C13H17BrF2N4OS. The standard InChI is InChI=1S/C13H17BrF2N4OS/c1-22-13-18-5-9(14)11(19-13)20-4-2-3-8(7-20)12(21)17-6-10(15)16/h5,8,10H,2-4,6-7H2,1H3,(H,17,21). The van der Waals surface area contributed by atoms with Gasteiger partial charge in [0.05, 0.1) is 16.9 Å². The Morgan fingerprint density at radius 2 is 2.41 bits per heavy atom. The Balaban J connectivity index is 2.05. The van der Waals surface area contributed by atoms with E-state index in [0.29, 0.717) is 18.1 Å². The molecule has 9 heteroatoms. The number of hydrogen-bond acceptors (Lipinski definition) is 5. The molecule has 0 aliphatic carbocycles. The van der Waals surface area contributed by atoms with Gasteiger partial charge in [-0.15, -0.1) is 0 Å². The number of carbonyl (C=O) groups excluding carboxylic acids is 1. The third kappa shape index (κ3) is 4.52. The fourth-order valence-electron chi connectivity index (χ4n) is 2.37. The Kier molecular flexibility index (Phi) is 6.37. The number of aromatic nitrogens is 2. The van der Waals surface area contributed by atoms with Crippen molar-refractivity contribution in [3.05, 3.63) is 10.7 Å². The Morgan fingerprint density at radius 3 is 3.09 bits per heavy atom. The van der Waals surface area contributed by atoms with Crippen molar-refractivity contribution < 1.29 is 13.6 Å². The van der Waals surface area contributed by atoms with Crippen molar-refractivity contribution in [2.24, 2.45) is 5.92 Å². The van der Waals surface area contributed by atoms with Crippen molar-refractivity contribution in [3.8, 4) is 0 Å². The van der Waals surface area contributed by atoms with Crippen LogP contribution in [-0.4, -0.2) is 48.2 Å². The molecule has 0 aromatic carbocycles. The third-order valence-corrected chi connectivity index (χ3v) is 4.53. The normalized spacial score (nSPS) is 18.6. The number of halogens is 3. The lowest BCUT2D eigenvalue weighted by Crippen LogP contribution is -2.44. The summed E-state index contributed by atoms with van der Waals surface area (Å²) in [5, 5.41) is 2.95. The van der Waals surface area contributed by atoms with E-state index >= 15 is 0 Å². The van der Waals surface area contributed by atoms with Crippen LogP contribution in [0.2, 0.25) is 0 Å². The van der Waals surface area contributed by atoms with Gasteiger partial charge in [-0.2, -0.15) is 0 Å². The molecule has 122 valence electrons.